The Morgan fingerprint density at radius 2 is 1.69 bits per heavy atom. The molecule has 232 valence electrons. The number of hydrogen-bond donors (Lipinski definition) is 2. The summed E-state index contributed by atoms with van der Waals surface area (Å²) in [5.74, 6) is 2.30. The summed E-state index contributed by atoms with van der Waals surface area (Å²) in [7, 11) is 4.67. The van der Waals surface area contributed by atoms with Gasteiger partial charge in [-0.3, -0.25) is 9.59 Å². The molecule has 10 heteroatoms. The molecule has 0 aromatic heterocycles. The van der Waals surface area contributed by atoms with Crippen molar-refractivity contribution in [1.82, 2.24) is 10.2 Å². The van der Waals surface area contributed by atoms with Crippen molar-refractivity contribution in [2.75, 3.05) is 41.0 Å². The van der Waals surface area contributed by atoms with E-state index in [1.54, 1.807) is 38.5 Å². The number of carbonyl (C=O) groups excluding carboxylic acids is 2. The Balaban J connectivity index is 1.47. The monoisotopic (exact) mass is 610 g/mol. The molecule has 0 spiro atoms. The molecule has 0 fully saturated rings. The third-order valence-corrected chi connectivity index (χ3v) is 8.06. The zero-order valence-electron chi connectivity index (χ0n) is 25.3. The summed E-state index contributed by atoms with van der Waals surface area (Å²) in [5, 5.41) is 13.2. The van der Waals surface area contributed by atoms with Crippen LogP contribution in [0.25, 0.3) is 0 Å². The molecule has 10 nitrogen and oxygen atoms in total. The molecule has 0 radical (unpaired) electrons. The quantitative estimate of drug-likeness (QED) is 0.311. The van der Waals surface area contributed by atoms with Crippen LogP contribution in [-0.2, 0) is 6.42 Å². The fraction of sp³-hybridized carbons (Fsp3) is 0.257. The fourth-order valence-corrected chi connectivity index (χ4v) is 5.81. The van der Waals surface area contributed by atoms with E-state index in [9.17, 15) is 14.7 Å². The SMILES string of the molecule is COc1ccc(OC)c(C(=O)N2CCc3cc4ccc3C2c2ccc(OC)c(c2)OCCCNC(=O)c2cc(ccc2O)O4)c1. The lowest BCUT2D eigenvalue weighted by atomic mass is 9.87. The summed E-state index contributed by atoms with van der Waals surface area (Å²) in [6.45, 7) is 1.04. The normalized spacial score (nSPS) is 15.9. The number of nitrogens with one attached hydrogen (secondary N) is 1. The Bertz CT molecular complexity index is 1750. The Morgan fingerprint density at radius 1 is 0.911 bits per heavy atom. The second-order valence-electron chi connectivity index (χ2n) is 10.7. The summed E-state index contributed by atoms with van der Waals surface area (Å²) in [5.41, 5.74) is 3.30. The Labute approximate surface area is 261 Å². The van der Waals surface area contributed by atoms with E-state index in [1.807, 2.05) is 41.3 Å². The largest absolute Gasteiger partial charge is 0.507 e. The molecule has 4 aromatic carbocycles. The Hall–Kier alpha value is -5.38. The Morgan fingerprint density at radius 3 is 2.49 bits per heavy atom. The van der Waals surface area contributed by atoms with E-state index in [1.165, 1.54) is 19.2 Å². The second kappa shape index (κ2) is 12.7. The summed E-state index contributed by atoms with van der Waals surface area (Å²) in [4.78, 5) is 29.0. The van der Waals surface area contributed by atoms with Gasteiger partial charge in [0, 0.05) is 13.1 Å². The molecule has 0 aliphatic carbocycles. The van der Waals surface area contributed by atoms with Gasteiger partial charge in [0.15, 0.2) is 11.5 Å². The summed E-state index contributed by atoms with van der Waals surface area (Å²) >= 11 is 0. The van der Waals surface area contributed by atoms with Crippen molar-refractivity contribution in [3.05, 3.63) is 101 Å². The number of ether oxygens (including phenoxy) is 5. The number of phenolic OH excluding ortho intramolecular Hbond substituents is 1. The minimum absolute atomic E-state index is 0.115. The van der Waals surface area contributed by atoms with Crippen molar-refractivity contribution < 1.29 is 38.4 Å². The van der Waals surface area contributed by atoms with Gasteiger partial charge in [-0.25, -0.2) is 0 Å². The van der Waals surface area contributed by atoms with Crippen LogP contribution in [0, 0.1) is 0 Å². The molecular formula is C35H34N2O8. The third-order valence-electron chi connectivity index (χ3n) is 8.06. The first-order valence-electron chi connectivity index (χ1n) is 14.7. The predicted molar refractivity (Wildman–Crippen MR) is 166 cm³/mol. The number of carbonyl (C=O) groups is 2. The molecule has 7 rings (SSSR count). The maximum atomic E-state index is 14.3. The zero-order valence-corrected chi connectivity index (χ0v) is 25.3. The Kier molecular flexibility index (Phi) is 8.37. The van der Waals surface area contributed by atoms with E-state index in [4.69, 9.17) is 23.7 Å². The van der Waals surface area contributed by atoms with E-state index in [-0.39, 0.29) is 17.2 Å². The highest BCUT2D eigenvalue weighted by molar-refractivity contribution is 5.98. The van der Waals surface area contributed by atoms with Gasteiger partial charge in [-0.15, -0.1) is 0 Å². The number of aromatic hydroxyl groups is 1. The van der Waals surface area contributed by atoms with E-state index < -0.39 is 11.9 Å². The maximum absolute atomic E-state index is 14.3. The van der Waals surface area contributed by atoms with Crippen molar-refractivity contribution in [2.24, 2.45) is 0 Å². The lowest BCUT2D eigenvalue weighted by molar-refractivity contribution is 0.0690. The van der Waals surface area contributed by atoms with Crippen LogP contribution in [0.2, 0.25) is 0 Å². The summed E-state index contributed by atoms with van der Waals surface area (Å²) in [6, 6.07) is 20.7. The fourth-order valence-electron chi connectivity index (χ4n) is 5.81. The van der Waals surface area contributed by atoms with E-state index in [0.29, 0.717) is 72.6 Å². The lowest BCUT2D eigenvalue weighted by Gasteiger charge is -2.38. The summed E-state index contributed by atoms with van der Waals surface area (Å²) < 4.78 is 28.9. The molecule has 8 bridgehead atoms. The van der Waals surface area contributed by atoms with Crippen LogP contribution in [0.1, 0.15) is 49.9 Å². The molecule has 2 amide bonds. The summed E-state index contributed by atoms with van der Waals surface area (Å²) in [6.07, 6.45) is 1.08. The highest BCUT2D eigenvalue weighted by Crippen LogP contribution is 2.42. The van der Waals surface area contributed by atoms with Crippen LogP contribution in [0.15, 0.2) is 72.8 Å². The molecule has 4 aromatic rings. The van der Waals surface area contributed by atoms with E-state index >= 15 is 0 Å². The smallest absolute Gasteiger partial charge is 0.258 e. The number of methoxy groups -OCH3 is 3. The van der Waals surface area contributed by atoms with Gasteiger partial charge >= 0.3 is 0 Å². The predicted octanol–water partition coefficient (Wildman–Crippen LogP) is 5.51. The molecular weight excluding hydrogens is 576 g/mol. The van der Waals surface area contributed by atoms with Gasteiger partial charge in [0.25, 0.3) is 11.8 Å². The van der Waals surface area contributed by atoms with Crippen molar-refractivity contribution in [3.8, 4) is 40.2 Å². The number of amides is 2. The van der Waals surface area contributed by atoms with Gasteiger partial charge in [0.2, 0.25) is 0 Å². The molecule has 2 N–H and O–H groups in total. The van der Waals surface area contributed by atoms with Gasteiger partial charge in [0.1, 0.15) is 28.7 Å². The number of hydrogen-bond acceptors (Lipinski definition) is 8. The first-order valence-corrected chi connectivity index (χ1v) is 14.7. The first kappa shape index (κ1) is 29.7. The molecule has 1 atom stereocenters. The van der Waals surface area contributed by atoms with Crippen LogP contribution in [-0.4, -0.2) is 62.8 Å². The molecule has 3 aliphatic rings. The van der Waals surface area contributed by atoms with Crippen LogP contribution >= 0.6 is 0 Å². The van der Waals surface area contributed by atoms with Crippen LogP contribution < -0.4 is 29.0 Å². The van der Waals surface area contributed by atoms with E-state index in [2.05, 4.69) is 5.32 Å². The molecule has 3 aliphatic heterocycles. The maximum Gasteiger partial charge on any atom is 0.258 e. The molecule has 0 saturated carbocycles. The highest BCUT2D eigenvalue weighted by atomic mass is 16.5. The van der Waals surface area contributed by atoms with Gasteiger partial charge in [-0.1, -0.05) is 12.1 Å². The molecule has 3 heterocycles. The third kappa shape index (κ3) is 5.91. The van der Waals surface area contributed by atoms with Crippen LogP contribution in [0.3, 0.4) is 0 Å². The standard InChI is InChI=1S/C35H34N2O8/c1-41-23-8-12-30(42-2)28(19-23)35(40)37-15-13-21-17-24-6-9-26(21)33(37)22-5-11-31(43-3)32(18-22)44-16-4-14-36-34(39)27-20-25(45-24)7-10-29(27)38/h5-12,17-20,33,38H,4,13-16H2,1-3H3,(H,36,39). The minimum atomic E-state index is -0.460. The zero-order chi connectivity index (χ0) is 31.5. The van der Waals surface area contributed by atoms with Gasteiger partial charge in [-0.05, 0) is 90.2 Å². The number of benzene rings is 4. The highest BCUT2D eigenvalue weighted by Gasteiger charge is 2.35. The first-order chi connectivity index (χ1) is 21.9. The van der Waals surface area contributed by atoms with Crippen molar-refractivity contribution in [2.45, 2.75) is 18.9 Å². The van der Waals surface area contributed by atoms with Crippen molar-refractivity contribution in [1.29, 1.82) is 0 Å². The van der Waals surface area contributed by atoms with Gasteiger partial charge in [-0.2, -0.15) is 0 Å². The van der Waals surface area contributed by atoms with Crippen LogP contribution in [0.5, 0.6) is 40.2 Å². The van der Waals surface area contributed by atoms with Crippen LogP contribution in [0.4, 0.5) is 0 Å². The van der Waals surface area contributed by atoms with Gasteiger partial charge < -0.3 is 39.0 Å². The number of phenols is 1. The van der Waals surface area contributed by atoms with E-state index in [0.717, 1.165) is 16.7 Å². The number of rotatable bonds is 4. The molecule has 45 heavy (non-hydrogen) atoms. The van der Waals surface area contributed by atoms with Crippen molar-refractivity contribution >= 4 is 11.8 Å². The lowest BCUT2D eigenvalue weighted by Crippen LogP contribution is -2.40. The van der Waals surface area contributed by atoms with Crippen molar-refractivity contribution in [3.63, 3.8) is 0 Å². The molecule has 0 saturated heterocycles. The average molecular weight is 611 g/mol. The topological polar surface area (TPSA) is 116 Å². The second-order valence-corrected chi connectivity index (χ2v) is 10.7. The number of fused-ring (bicyclic) bond motifs is 6. The number of nitrogens with zero attached hydrogens (tertiary/aromatic N) is 1. The van der Waals surface area contributed by atoms with Gasteiger partial charge in [0.05, 0.1) is 45.1 Å². The average Bonchev–Trinajstić information content (AvgIpc) is 3.07. The minimum Gasteiger partial charge on any atom is -0.507 e. The molecule has 1 unspecified atom stereocenters.